The molecule has 0 amide bonds. The van der Waals surface area contributed by atoms with Gasteiger partial charge in [0.15, 0.2) is 0 Å². The Labute approximate surface area is 108 Å². The predicted octanol–water partition coefficient (Wildman–Crippen LogP) is 4.37. The molecule has 0 aliphatic heterocycles. The highest BCUT2D eigenvalue weighted by Crippen LogP contribution is 2.33. The first kappa shape index (κ1) is 13.4. The Balaban J connectivity index is 1.81. The van der Waals surface area contributed by atoms with E-state index in [0.29, 0.717) is 0 Å². The highest BCUT2D eigenvalue weighted by atomic mass is 14.9. The smallest absolute Gasteiger partial charge is 0.00683 e. The topological polar surface area (TPSA) is 12.0 Å². The van der Waals surface area contributed by atoms with Gasteiger partial charge in [-0.05, 0) is 43.6 Å². The quantitative estimate of drug-likeness (QED) is 0.676. The zero-order valence-electron chi connectivity index (χ0n) is 11.9. The SMILES string of the molecule is CC(C)CC(CNC1CC1)C1CCCCCC1. The van der Waals surface area contributed by atoms with Crippen molar-refractivity contribution in [3.63, 3.8) is 0 Å². The molecule has 0 bridgehead atoms. The lowest BCUT2D eigenvalue weighted by Gasteiger charge is -2.28. The molecule has 0 saturated heterocycles. The van der Waals surface area contributed by atoms with Crippen molar-refractivity contribution in [1.82, 2.24) is 5.32 Å². The largest absolute Gasteiger partial charge is 0.314 e. The van der Waals surface area contributed by atoms with Crippen LogP contribution >= 0.6 is 0 Å². The van der Waals surface area contributed by atoms with Gasteiger partial charge < -0.3 is 5.32 Å². The van der Waals surface area contributed by atoms with Crippen LogP contribution in [0.3, 0.4) is 0 Å². The molecule has 1 nitrogen and oxygen atoms in total. The molecule has 17 heavy (non-hydrogen) atoms. The van der Waals surface area contributed by atoms with Gasteiger partial charge in [-0.25, -0.2) is 0 Å². The molecule has 2 rings (SSSR count). The van der Waals surface area contributed by atoms with Crippen molar-refractivity contribution in [3.8, 4) is 0 Å². The lowest BCUT2D eigenvalue weighted by Crippen LogP contribution is -2.30. The number of rotatable bonds is 6. The Kier molecular flexibility index (Phi) is 5.34. The molecular weight excluding hydrogens is 206 g/mol. The summed E-state index contributed by atoms with van der Waals surface area (Å²) in [7, 11) is 0. The summed E-state index contributed by atoms with van der Waals surface area (Å²) in [5.74, 6) is 2.84. The Hall–Kier alpha value is -0.0400. The summed E-state index contributed by atoms with van der Waals surface area (Å²) in [6.45, 7) is 6.08. The van der Waals surface area contributed by atoms with Crippen LogP contribution < -0.4 is 5.32 Å². The third-order valence-electron chi connectivity index (χ3n) is 4.59. The van der Waals surface area contributed by atoms with Crippen LogP contribution in [0.4, 0.5) is 0 Å². The Morgan fingerprint density at radius 2 is 1.59 bits per heavy atom. The fourth-order valence-corrected chi connectivity index (χ4v) is 3.44. The van der Waals surface area contributed by atoms with Gasteiger partial charge in [-0.15, -0.1) is 0 Å². The van der Waals surface area contributed by atoms with E-state index in [1.807, 2.05) is 0 Å². The minimum Gasteiger partial charge on any atom is -0.314 e. The van der Waals surface area contributed by atoms with Crippen molar-refractivity contribution in [2.45, 2.75) is 77.7 Å². The van der Waals surface area contributed by atoms with E-state index < -0.39 is 0 Å². The molecule has 0 aromatic rings. The van der Waals surface area contributed by atoms with Crippen molar-refractivity contribution in [3.05, 3.63) is 0 Å². The minimum atomic E-state index is 0.865. The minimum absolute atomic E-state index is 0.865. The van der Waals surface area contributed by atoms with Crippen LogP contribution in [0.2, 0.25) is 0 Å². The molecule has 1 N–H and O–H groups in total. The van der Waals surface area contributed by atoms with Gasteiger partial charge in [0.1, 0.15) is 0 Å². The van der Waals surface area contributed by atoms with E-state index in [-0.39, 0.29) is 0 Å². The Morgan fingerprint density at radius 3 is 2.12 bits per heavy atom. The first-order valence-corrected chi connectivity index (χ1v) is 7.99. The average molecular weight is 237 g/mol. The summed E-state index contributed by atoms with van der Waals surface area (Å²) in [6, 6.07) is 0.885. The molecule has 0 aromatic carbocycles. The van der Waals surface area contributed by atoms with Crippen molar-refractivity contribution in [2.24, 2.45) is 17.8 Å². The van der Waals surface area contributed by atoms with Crippen molar-refractivity contribution >= 4 is 0 Å². The van der Waals surface area contributed by atoms with E-state index in [0.717, 1.165) is 23.8 Å². The molecule has 0 aromatic heterocycles. The fourth-order valence-electron chi connectivity index (χ4n) is 3.44. The fraction of sp³-hybridized carbons (Fsp3) is 1.00. The maximum atomic E-state index is 3.78. The molecule has 2 aliphatic carbocycles. The summed E-state index contributed by atoms with van der Waals surface area (Å²) in [5, 5.41) is 3.78. The zero-order valence-corrected chi connectivity index (χ0v) is 11.9. The zero-order chi connectivity index (χ0) is 12.1. The van der Waals surface area contributed by atoms with Gasteiger partial charge in [-0.1, -0.05) is 52.4 Å². The molecule has 0 radical (unpaired) electrons. The van der Waals surface area contributed by atoms with Gasteiger partial charge >= 0.3 is 0 Å². The van der Waals surface area contributed by atoms with Crippen molar-refractivity contribution < 1.29 is 0 Å². The molecular formula is C16H31N. The van der Waals surface area contributed by atoms with Gasteiger partial charge in [0, 0.05) is 6.04 Å². The second-order valence-corrected chi connectivity index (χ2v) is 6.82. The van der Waals surface area contributed by atoms with Crippen LogP contribution in [0, 0.1) is 17.8 Å². The second kappa shape index (κ2) is 6.78. The number of hydrogen-bond donors (Lipinski definition) is 1. The first-order valence-electron chi connectivity index (χ1n) is 7.99. The maximum absolute atomic E-state index is 3.78. The van der Waals surface area contributed by atoms with Crippen LogP contribution in [-0.2, 0) is 0 Å². The molecule has 100 valence electrons. The van der Waals surface area contributed by atoms with Gasteiger partial charge in [0.2, 0.25) is 0 Å². The summed E-state index contributed by atoms with van der Waals surface area (Å²) in [4.78, 5) is 0. The monoisotopic (exact) mass is 237 g/mol. The van der Waals surface area contributed by atoms with E-state index in [4.69, 9.17) is 0 Å². The van der Waals surface area contributed by atoms with E-state index in [1.165, 1.54) is 64.3 Å². The Morgan fingerprint density at radius 1 is 0.941 bits per heavy atom. The summed E-state index contributed by atoms with van der Waals surface area (Å²) >= 11 is 0. The average Bonchev–Trinajstić information content (AvgIpc) is 3.10. The summed E-state index contributed by atoms with van der Waals surface area (Å²) in [5.41, 5.74) is 0. The third-order valence-corrected chi connectivity index (χ3v) is 4.59. The van der Waals surface area contributed by atoms with E-state index in [2.05, 4.69) is 19.2 Å². The second-order valence-electron chi connectivity index (χ2n) is 6.82. The molecule has 0 heterocycles. The predicted molar refractivity (Wildman–Crippen MR) is 75.2 cm³/mol. The number of hydrogen-bond acceptors (Lipinski definition) is 1. The van der Waals surface area contributed by atoms with Crippen LogP contribution in [0.1, 0.15) is 71.6 Å². The molecule has 1 unspecified atom stereocenters. The van der Waals surface area contributed by atoms with Gasteiger partial charge in [-0.2, -0.15) is 0 Å². The van der Waals surface area contributed by atoms with E-state index >= 15 is 0 Å². The van der Waals surface area contributed by atoms with Gasteiger partial charge in [-0.3, -0.25) is 0 Å². The van der Waals surface area contributed by atoms with E-state index in [1.54, 1.807) is 0 Å². The molecule has 2 saturated carbocycles. The molecule has 2 fully saturated rings. The molecule has 1 heteroatoms. The maximum Gasteiger partial charge on any atom is 0.00683 e. The van der Waals surface area contributed by atoms with Gasteiger partial charge in [0.05, 0.1) is 0 Å². The number of nitrogens with one attached hydrogen (secondary N) is 1. The standard InChI is InChI=1S/C16H31N/c1-13(2)11-15(12-17-16-9-10-16)14-7-5-3-4-6-8-14/h13-17H,3-12H2,1-2H3. The third kappa shape index (κ3) is 4.99. The molecule has 2 aliphatic rings. The first-order chi connectivity index (χ1) is 8.25. The highest BCUT2D eigenvalue weighted by Gasteiger charge is 2.26. The Bertz CT molecular complexity index is 200. The normalized spacial score (nSPS) is 24.9. The van der Waals surface area contributed by atoms with Crippen LogP contribution in [0.25, 0.3) is 0 Å². The van der Waals surface area contributed by atoms with Crippen LogP contribution in [0.5, 0.6) is 0 Å². The lowest BCUT2D eigenvalue weighted by molar-refractivity contribution is 0.246. The summed E-state index contributed by atoms with van der Waals surface area (Å²) in [6.07, 6.45) is 13.3. The summed E-state index contributed by atoms with van der Waals surface area (Å²) < 4.78 is 0. The van der Waals surface area contributed by atoms with Crippen LogP contribution in [-0.4, -0.2) is 12.6 Å². The van der Waals surface area contributed by atoms with E-state index in [9.17, 15) is 0 Å². The highest BCUT2D eigenvalue weighted by molar-refractivity contribution is 4.84. The van der Waals surface area contributed by atoms with Gasteiger partial charge in [0.25, 0.3) is 0 Å². The van der Waals surface area contributed by atoms with Crippen LogP contribution in [0.15, 0.2) is 0 Å². The van der Waals surface area contributed by atoms with Crippen molar-refractivity contribution in [2.75, 3.05) is 6.54 Å². The lowest BCUT2D eigenvalue weighted by atomic mass is 9.81. The molecule has 0 spiro atoms. The molecule has 1 atom stereocenters. The van der Waals surface area contributed by atoms with Crippen molar-refractivity contribution in [1.29, 1.82) is 0 Å².